The number of nitrogens with zero attached hydrogens (tertiary/aromatic N) is 2. The minimum Gasteiger partial charge on any atom is -0.507 e. The van der Waals surface area contributed by atoms with Crippen LogP contribution in [0.2, 0.25) is 0 Å². The number of thioether (sulfide) groups is 1. The second kappa shape index (κ2) is 6.52. The van der Waals surface area contributed by atoms with E-state index in [0.29, 0.717) is 16.6 Å². The molecule has 25 heavy (non-hydrogen) atoms. The van der Waals surface area contributed by atoms with Gasteiger partial charge in [0.05, 0.1) is 0 Å². The summed E-state index contributed by atoms with van der Waals surface area (Å²) < 4.78 is 0. The first-order chi connectivity index (χ1) is 11.4. The van der Waals surface area contributed by atoms with Crippen LogP contribution in [0, 0.1) is 0 Å². The Morgan fingerprint density at radius 3 is 1.92 bits per heavy atom. The van der Waals surface area contributed by atoms with Crippen molar-refractivity contribution in [2.24, 2.45) is 4.99 Å². The number of amidine groups is 1. The number of benzene rings is 1. The SMILES string of the molecule is CSC1=NC(=O)/C(=C/c2cc(C(C)(C)C)c(O)c(C(C)(C)C)c2)N1C. The molecule has 0 aromatic heterocycles. The Labute approximate surface area is 155 Å². The van der Waals surface area contributed by atoms with Gasteiger partial charge in [0.1, 0.15) is 11.4 Å². The molecule has 1 N–H and O–H groups in total. The van der Waals surface area contributed by atoms with Crippen LogP contribution in [0.4, 0.5) is 0 Å². The number of aliphatic imine (C=N–C) groups is 1. The zero-order valence-electron chi connectivity index (χ0n) is 16.4. The van der Waals surface area contributed by atoms with Crippen molar-refractivity contribution in [2.75, 3.05) is 13.3 Å². The molecule has 4 nitrogen and oxygen atoms in total. The lowest BCUT2D eigenvalue weighted by Gasteiger charge is -2.28. The van der Waals surface area contributed by atoms with Crippen LogP contribution in [0.1, 0.15) is 58.2 Å². The number of carbonyl (C=O) groups is 1. The topological polar surface area (TPSA) is 52.9 Å². The number of rotatable bonds is 1. The van der Waals surface area contributed by atoms with E-state index in [4.69, 9.17) is 0 Å². The van der Waals surface area contributed by atoms with Crippen molar-refractivity contribution in [1.82, 2.24) is 4.90 Å². The molecule has 0 unspecified atom stereocenters. The summed E-state index contributed by atoms with van der Waals surface area (Å²) in [7, 11) is 1.85. The molecule has 1 aromatic rings. The van der Waals surface area contributed by atoms with Gasteiger partial charge in [-0.05, 0) is 40.9 Å². The van der Waals surface area contributed by atoms with Crippen LogP contribution in [0.15, 0.2) is 22.8 Å². The number of aromatic hydroxyl groups is 1. The highest BCUT2D eigenvalue weighted by Crippen LogP contribution is 2.40. The van der Waals surface area contributed by atoms with Gasteiger partial charge in [-0.25, -0.2) is 0 Å². The second-order valence-electron chi connectivity index (χ2n) is 8.46. The molecule has 1 heterocycles. The lowest BCUT2D eigenvalue weighted by molar-refractivity contribution is -0.114. The smallest absolute Gasteiger partial charge is 0.296 e. The predicted molar refractivity (Wildman–Crippen MR) is 107 cm³/mol. The lowest BCUT2D eigenvalue weighted by Crippen LogP contribution is -2.19. The molecule has 0 saturated heterocycles. The van der Waals surface area contributed by atoms with Crippen molar-refractivity contribution in [3.8, 4) is 5.75 Å². The van der Waals surface area contributed by atoms with E-state index in [2.05, 4.69) is 46.5 Å². The molecule has 1 aliphatic heterocycles. The maximum absolute atomic E-state index is 12.2. The summed E-state index contributed by atoms with van der Waals surface area (Å²) in [5, 5.41) is 11.5. The van der Waals surface area contributed by atoms with Crippen molar-refractivity contribution in [3.63, 3.8) is 0 Å². The maximum atomic E-state index is 12.2. The Kier molecular flexibility index (Phi) is 5.11. The molecule has 0 atom stereocenters. The second-order valence-corrected chi connectivity index (χ2v) is 9.23. The third-order valence-corrected chi connectivity index (χ3v) is 5.03. The van der Waals surface area contributed by atoms with Gasteiger partial charge in [0, 0.05) is 18.2 Å². The zero-order valence-corrected chi connectivity index (χ0v) is 17.2. The van der Waals surface area contributed by atoms with Gasteiger partial charge in [0.15, 0.2) is 5.17 Å². The minimum absolute atomic E-state index is 0.203. The predicted octanol–water partition coefficient (Wildman–Crippen LogP) is 4.52. The normalized spacial score (nSPS) is 17.4. The summed E-state index contributed by atoms with van der Waals surface area (Å²) >= 11 is 1.45. The molecule has 0 radical (unpaired) electrons. The summed E-state index contributed by atoms with van der Waals surface area (Å²) in [6, 6.07) is 3.94. The van der Waals surface area contributed by atoms with Crippen molar-refractivity contribution in [3.05, 3.63) is 34.5 Å². The Balaban J connectivity index is 2.64. The van der Waals surface area contributed by atoms with E-state index >= 15 is 0 Å². The Morgan fingerprint density at radius 1 is 1.08 bits per heavy atom. The molecule has 0 fully saturated rings. The van der Waals surface area contributed by atoms with E-state index in [1.807, 2.05) is 36.4 Å². The summed E-state index contributed by atoms with van der Waals surface area (Å²) in [6.45, 7) is 12.5. The number of hydrogen-bond acceptors (Lipinski definition) is 4. The molecule has 136 valence electrons. The largest absolute Gasteiger partial charge is 0.507 e. The van der Waals surface area contributed by atoms with Gasteiger partial charge in [0.2, 0.25) is 0 Å². The number of hydrogen-bond donors (Lipinski definition) is 1. The van der Waals surface area contributed by atoms with Gasteiger partial charge >= 0.3 is 0 Å². The van der Waals surface area contributed by atoms with Gasteiger partial charge < -0.3 is 10.0 Å². The third-order valence-electron chi connectivity index (χ3n) is 4.30. The van der Waals surface area contributed by atoms with E-state index in [0.717, 1.165) is 16.7 Å². The van der Waals surface area contributed by atoms with E-state index in [1.165, 1.54) is 11.8 Å². The fraction of sp³-hybridized carbons (Fsp3) is 0.500. The summed E-state index contributed by atoms with van der Waals surface area (Å²) in [5.74, 6) is 0.115. The van der Waals surface area contributed by atoms with Gasteiger partial charge in [-0.1, -0.05) is 53.3 Å². The minimum atomic E-state index is -0.227. The molecule has 0 bridgehead atoms. The van der Waals surface area contributed by atoms with Gasteiger partial charge in [-0.15, -0.1) is 0 Å². The first-order valence-corrected chi connectivity index (χ1v) is 9.59. The fourth-order valence-corrected chi connectivity index (χ4v) is 3.39. The maximum Gasteiger partial charge on any atom is 0.296 e. The number of phenols is 1. The molecular weight excluding hydrogens is 332 g/mol. The summed E-state index contributed by atoms with van der Waals surface area (Å²) in [5.41, 5.74) is 2.81. The zero-order chi connectivity index (χ0) is 19.2. The molecule has 0 saturated carbocycles. The van der Waals surface area contributed by atoms with Crippen LogP contribution in [-0.2, 0) is 15.6 Å². The van der Waals surface area contributed by atoms with Crippen LogP contribution in [0.5, 0.6) is 5.75 Å². The average Bonchev–Trinajstić information content (AvgIpc) is 2.73. The summed E-state index contributed by atoms with van der Waals surface area (Å²) in [4.78, 5) is 18.1. The fourth-order valence-electron chi connectivity index (χ4n) is 2.85. The Hall–Kier alpha value is -1.75. The first kappa shape index (κ1) is 19.6. The van der Waals surface area contributed by atoms with E-state index in [1.54, 1.807) is 0 Å². The van der Waals surface area contributed by atoms with Crippen LogP contribution in [-0.4, -0.2) is 34.4 Å². The van der Waals surface area contributed by atoms with Gasteiger partial charge in [-0.2, -0.15) is 4.99 Å². The molecule has 1 aromatic carbocycles. The Bertz CT molecular complexity index is 730. The molecular formula is C20H28N2O2S. The highest BCUT2D eigenvalue weighted by molar-refractivity contribution is 8.13. The van der Waals surface area contributed by atoms with E-state index in [9.17, 15) is 9.90 Å². The van der Waals surface area contributed by atoms with Crippen LogP contribution in [0.25, 0.3) is 6.08 Å². The molecule has 0 aliphatic carbocycles. The van der Waals surface area contributed by atoms with E-state index in [-0.39, 0.29) is 16.7 Å². The highest BCUT2D eigenvalue weighted by Gasteiger charge is 2.28. The monoisotopic (exact) mass is 360 g/mol. The lowest BCUT2D eigenvalue weighted by atomic mass is 9.78. The Morgan fingerprint density at radius 2 is 1.56 bits per heavy atom. The molecule has 0 spiro atoms. The summed E-state index contributed by atoms with van der Waals surface area (Å²) in [6.07, 6.45) is 3.76. The van der Waals surface area contributed by atoms with Crippen LogP contribution < -0.4 is 0 Å². The highest BCUT2D eigenvalue weighted by atomic mass is 32.2. The third kappa shape index (κ3) is 3.92. The number of likely N-dealkylation sites (N-methyl/N-ethyl adjacent to an activating group) is 1. The molecule has 2 rings (SSSR count). The number of phenolic OH excluding ortho intramolecular Hbond substituents is 1. The van der Waals surface area contributed by atoms with Crippen molar-refractivity contribution in [2.45, 2.75) is 52.4 Å². The van der Waals surface area contributed by atoms with Gasteiger partial charge in [0.25, 0.3) is 5.91 Å². The number of carbonyl (C=O) groups excluding carboxylic acids is 1. The molecule has 1 aliphatic rings. The first-order valence-electron chi connectivity index (χ1n) is 8.36. The number of amides is 1. The average molecular weight is 361 g/mol. The quantitative estimate of drug-likeness (QED) is 0.748. The van der Waals surface area contributed by atoms with Crippen molar-refractivity contribution >= 4 is 28.9 Å². The molecule has 1 amide bonds. The van der Waals surface area contributed by atoms with Crippen molar-refractivity contribution in [1.29, 1.82) is 0 Å². The van der Waals surface area contributed by atoms with Crippen molar-refractivity contribution < 1.29 is 9.90 Å². The van der Waals surface area contributed by atoms with Crippen LogP contribution in [0.3, 0.4) is 0 Å². The van der Waals surface area contributed by atoms with Crippen LogP contribution >= 0.6 is 11.8 Å². The molecule has 5 heteroatoms. The van der Waals surface area contributed by atoms with E-state index < -0.39 is 0 Å². The standard InChI is InChI=1S/C20H28N2O2S/c1-19(2,3)13-9-12(10-14(16(13)23)20(4,5)6)11-15-17(24)21-18(25-8)22(15)7/h9-11,23H,1-8H3/b15-11-. The van der Waals surface area contributed by atoms with Gasteiger partial charge in [-0.3, -0.25) is 4.79 Å².